The molecule has 0 aliphatic heterocycles. The lowest BCUT2D eigenvalue weighted by atomic mass is 9.90. The average molecular weight is 330 g/mol. The number of nitriles is 1. The molecular weight excluding hydrogens is 308 g/mol. The quantitative estimate of drug-likeness (QED) is 0.283. The maximum Gasteiger partial charge on any atom is 0.305 e. The van der Waals surface area contributed by atoms with E-state index in [9.17, 15) is 14.4 Å². The highest BCUT2D eigenvalue weighted by atomic mass is 16.5. The molecule has 1 heterocycles. The van der Waals surface area contributed by atoms with Crippen LogP contribution in [0.3, 0.4) is 0 Å². The number of unbranched alkanes of at least 4 members (excludes halogenated alkanes) is 2. The highest BCUT2D eigenvalue weighted by Gasteiger charge is 2.24. The number of carbonyl (C=O) groups excluding carboxylic acids is 3. The molecular formula is C18H22N2O4. The molecule has 0 aliphatic rings. The van der Waals surface area contributed by atoms with E-state index in [-0.39, 0.29) is 23.2 Å². The minimum Gasteiger partial charge on any atom is -0.466 e. The summed E-state index contributed by atoms with van der Waals surface area (Å²) >= 11 is 0. The van der Waals surface area contributed by atoms with E-state index in [1.807, 2.05) is 6.07 Å². The molecule has 1 rings (SSSR count). The van der Waals surface area contributed by atoms with Crippen LogP contribution in [0, 0.1) is 17.2 Å². The van der Waals surface area contributed by atoms with Gasteiger partial charge in [0.15, 0.2) is 5.78 Å². The van der Waals surface area contributed by atoms with Crippen molar-refractivity contribution in [3.05, 3.63) is 29.6 Å². The zero-order chi connectivity index (χ0) is 17.9. The normalized spacial score (nSPS) is 11.4. The van der Waals surface area contributed by atoms with Gasteiger partial charge in [-0.25, -0.2) is 4.98 Å². The lowest BCUT2D eigenvalue weighted by Crippen LogP contribution is -2.22. The molecule has 0 spiro atoms. The van der Waals surface area contributed by atoms with Gasteiger partial charge in [-0.1, -0.05) is 12.8 Å². The van der Waals surface area contributed by atoms with E-state index in [0.717, 1.165) is 6.42 Å². The van der Waals surface area contributed by atoms with E-state index >= 15 is 0 Å². The first-order valence-corrected chi connectivity index (χ1v) is 8.06. The molecule has 0 saturated heterocycles. The fourth-order valence-corrected chi connectivity index (χ4v) is 2.35. The summed E-state index contributed by atoms with van der Waals surface area (Å²) in [5.74, 6) is -1.39. The Hall–Kier alpha value is -2.55. The second kappa shape index (κ2) is 10.3. The number of rotatable bonds is 10. The topological polar surface area (TPSA) is 97.1 Å². The van der Waals surface area contributed by atoms with Crippen molar-refractivity contribution < 1.29 is 19.1 Å². The predicted molar refractivity (Wildman–Crippen MR) is 87.2 cm³/mol. The first-order chi connectivity index (χ1) is 11.5. The van der Waals surface area contributed by atoms with Gasteiger partial charge in [-0.3, -0.25) is 14.4 Å². The second-order valence-electron chi connectivity index (χ2n) is 5.48. The van der Waals surface area contributed by atoms with Gasteiger partial charge in [0, 0.05) is 18.2 Å². The molecule has 24 heavy (non-hydrogen) atoms. The number of hydrogen-bond acceptors (Lipinski definition) is 6. The highest BCUT2D eigenvalue weighted by Crippen LogP contribution is 2.18. The van der Waals surface area contributed by atoms with E-state index in [2.05, 4.69) is 4.98 Å². The van der Waals surface area contributed by atoms with Crippen LogP contribution in [0.25, 0.3) is 0 Å². The molecule has 0 aliphatic carbocycles. The number of ether oxygens (including phenoxy) is 1. The summed E-state index contributed by atoms with van der Waals surface area (Å²) in [6, 6.07) is 4.86. The highest BCUT2D eigenvalue weighted by molar-refractivity contribution is 6.09. The standard InChI is InChI=1S/C18H22N2O4/c1-3-24-17(22)8-6-4-5-7-16(13(2)21)18(23)14-9-10-15(11-19)20-12-14/h9-10,12,16H,3-8H2,1-2H3. The van der Waals surface area contributed by atoms with Gasteiger partial charge in [0.25, 0.3) is 0 Å². The van der Waals surface area contributed by atoms with E-state index in [1.54, 1.807) is 6.92 Å². The van der Waals surface area contributed by atoms with Crippen molar-refractivity contribution in [2.24, 2.45) is 5.92 Å². The van der Waals surface area contributed by atoms with Crippen LogP contribution >= 0.6 is 0 Å². The largest absolute Gasteiger partial charge is 0.466 e. The molecule has 0 fully saturated rings. The summed E-state index contributed by atoms with van der Waals surface area (Å²) in [6.45, 7) is 3.54. The molecule has 6 nitrogen and oxygen atoms in total. The Morgan fingerprint density at radius 3 is 2.54 bits per heavy atom. The molecule has 6 heteroatoms. The second-order valence-corrected chi connectivity index (χ2v) is 5.48. The zero-order valence-corrected chi connectivity index (χ0v) is 14.1. The molecule has 1 aromatic rings. The van der Waals surface area contributed by atoms with Gasteiger partial charge in [0.05, 0.1) is 12.5 Å². The summed E-state index contributed by atoms with van der Waals surface area (Å²) in [5.41, 5.74) is 0.561. The van der Waals surface area contributed by atoms with E-state index in [1.165, 1.54) is 25.3 Å². The SMILES string of the molecule is CCOC(=O)CCCCCC(C(C)=O)C(=O)c1ccc(C#N)nc1. The number of Topliss-reactive ketones (excluding diaryl/α,β-unsaturated/α-hetero) is 2. The molecule has 0 amide bonds. The molecule has 1 aromatic heterocycles. The molecule has 0 radical (unpaired) electrons. The smallest absolute Gasteiger partial charge is 0.305 e. The molecule has 0 saturated carbocycles. The lowest BCUT2D eigenvalue weighted by Gasteiger charge is -2.12. The summed E-state index contributed by atoms with van der Waals surface area (Å²) in [7, 11) is 0. The van der Waals surface area contributed by atoms with Crippen molar-refractivity contribution in [3.63, 3.8) is 0 Å². The maximum atomic E-state index is 12.4. The van der Waals surface area contributed by atoms with Crippen LogP contribution in [0.2, 0.25) is 0 Å². The van der Waals surface area contributed by atoms with Crippen LogP contribution in [-0.2, 0) is 14.3 Å². The van der Waals surface area contributed by atoms with Crippen LogP contribution < -0.4 is 0 Å². The van der Waals surface area contributed by atoms with Gasteiger partial charge in [-0.05, 0) is 38.8 Å². The minimum absolute atomic E-state index is 0.185. The fraction of sp³-hybridized carbons (Fsp3) is 0.500. The van der Waals surface area contributed by atoms with Crippen molar-refractivity contribution in [3.8, 4) is 6.07 Å². The Bertz CT molecular complexity index is 617. The van der Waals surface area contributed by atoms with Gasteiger partial charge in [-0.2, -0.15) is 5.26 Å². The van der Waals surface area contributed by atoms with Crippen molar-refractivity contribution >= 4 is 17.5 Å². The zero-order valence-electron chi connectivity index (χ0n) is 14.1. The first kappa shape index (κ1) is 19.5. The molecule has 128 valence electrons. The summed E-state index contributed by atoms with van der Waals surface area (Å²) in [5, 5.41) is 8.72. The van der Waals surface area contributed by atoms with E-state index in [0.29, 0.717) is 37.9 Å². The number of ketones is 2. The fourth-order valence-electron chi connectivity index (χ4n) is 2.35. The third kappa shape index (κ3) is 6.29. The van der Waals surface area contributed by atoms with Gasteiger partial charge < -0.3 is 4.74 Å². The third-order valence-corrected chi connectivity index (χ3v) is 3.65. The van der Waals surface area contributed by atoms with Crippen LogP contribution in [0.4, 0.5) is 0 Å². The average Bonchev–Trinajstić information content (AvgIpc) is 2.57. The van der Waals surface area contributed by atoms with E-state index in [4.69, 9.17) is 10.00 Å². The van der Waals surface area contributed by atoms with Crippen molar-refractivity contribution in [2.45, 2.75) is 46.0 Å². The summed E-state index contributed by atoms with van der Waals surface area (Å²) in [4.78, 5) is 39.3. The van der Waals surface area contributed by atoms with Crippen molar-refractivity contribution in [1.82, 2.24) is 4.98 Å². The molecule has 0 bridgehead atoms. The first-order valence-electron chi connectivity index (χ1n) is 8.06. The van der Waals surface area contributed by atoms with Crippen LogP contribution in [0.5, 0.6) is 0 Å². The Balaban J connectivity index is 2.51. The van der Waals surface area contributed by atoms with Crippen LogP contribution in [-0.4, -0.2) is 29.1 Å². The number of carbonyl (C=O) groups is 3. The maximum absolute atomic E-state index is 12.4. The van der Waals surface area contributed by atoms with Crippen molar-refractivity contribution in [2.75, 3.05) is 6.61 Å². The predicted octanol–water partition coefficient (Wildman–Crippen LogP) is 2.85. The van der Waals surface area contributed by atoms with Gasteiger partial charge in [0.1, 0.15) is 17.5 Å². The Morgan fingerprint density at radius 2 is 2.00 bits per heavy atom. The number of pyridine rings is 1. The van der Waals surface area contributed by atoms with Crippen LogP contribution in [0.15, 0.2) is 18.3 Å². The number of hydrogen-bond donors (Lipinski definition) is 0. The Morgan fingerprint density at radius 1 is 1.25 bits per heavy atom. The molecule has 1 unspecified atom stereocenters. The minimum atomic E-state index is -0.706. The van der Waals surface area contributed by atoms with E-state index < -0.39 is 5.92 Å². The number of esters is 1. The summed E-state index contributed by atoms with van der Waals surface area (Å²) in [6.07, 6.45) is 4.23. The Labute approximate surface area is 141 Å². The lowest BCUT2D eigenvalue weighted by molar-refractivity contribution is -0.143. The number of aromatic nitrogens is 1. The number of nitrogens with zero attached hydrogens (tertiary/aromatic N) is 2. The third-order valence-electron chi connectivity index (χ3n) is 3.65. The monoisotopic (exact) mass is 330 g/mol. The van der Waals surface area contributed by atoms with Gasteiger partial charge in [-0.15, -0.1) is 0 Å². The van der Waals surface area contributed by atoms with Crippen LogP contribution in [0.1, 0.15) is 62.0 Å². The molecule has 1 atom stereocenters. The summed E-state index contributed by atoms with van der Waals surface area (Å²) < 4.78 is 4.85. The van der Waals surface area contributed by atoms with Gasteiger partial charge in [0.2, 0.25) is 0 Å². The van der Waals surface area contributed by atoms with Crippen molar-refractivity contribution in [1.29, 1.82) is 5.26 Å². The Kier molecular flexibility index (Phi) is 8.34. The molecule has 0 N–H and O–H groups in total. The van der Waals surface area contributed by atoms with Gasteiger partial charge >= 0.3 is 5.97 Å². The molecule has 0 aromatic carbocycles.